The second-order valence-corrected chi connectivity index (χ2v) is 4.36. The largest absolute Gasteiger partial charge is 0.363 e. The molecule has 0 aromatic rings. The molecule has 1 aliphatic heterocycles. The van der Waals surface area contributed by atoms with Gasteiger partial charge in [-0.05, 0) is 32.1 Å². The van der Waals surface area contributed by atoms with Gasteiger partial charge in [0.2, 0.25) is 0 Å². The third-order valence-corrected chi connectivity index (χ3v) is 3.21. The van der Waals surface area contributed by atoms with Gasteiger partial charge in [0.05, 0.1) is 0 Å². The molecule has 1 saturated heterocycles. The minimum Gasteiger partial charge on any atom is -0.363 e. The van der Waals surface area contributed by atoms with Crippen LogP contribution in [0.1, 0.15) is 51.4 Å². The first kappa shape index (κ1) is 9.47. The van der Waals surface area contributed by atoms with E-state index in [2.05, 4.69) is 5.32 Å². The zero-order valence-electron chi connectivity index (χ0n) is 8.43. The van der Waals surface area contributed by atoms with E-state index in [1.807, 2.05) is 0 Å². The molecular formula is C11H21NO. The van der Waals surface area contributed by atoms with Crippen LogP contribution in [0, 0.1) is 0 Å². The number of hydrogen-bond acceptors (Lipinski definition) is 2. The van der Waals surface area contributed by atoms with Gasteiger partial charge in [-0.25, -0.2) is 0 Å². The standard InChI is InChI=1S/C11H21NO/c1-2-6-10(7-3-1)12-11-8-4-5-9-13-11/h10-12H,1-9H2. The summed E-state index contributed by atoms with van der Waals surface area (Å²) in [7, 11) is 0. The van der Waals surface area contributed by atoms with Crippen LogP contribution in [0.15, 0.2) is 0 Å². The Morgan fingerprint density at radius 3 is 2.31 bits per heavy atom. The molecule has 0 aromatic carbocycles. The van der Waals surface area contributed by atoms with E-state index in [1.165, 1.54) is 51.4 Å². The van der Waals surface area contributed by atoms with Crippen molar-refractivity contribution in [2.45, 2.75) is 63.6 Å². The third-order valence-electron chi connectivity index (χ3n) is 3.21. The van der Waals surface area contributed by atoms with Gasteiger partial charge in [-0.2, -0.15) is 0 Å². The molecule has 1 atom stereocenters. The monoisotopic (exact) mass is 183 g/mol. The molecule has 0 bridgehead atoms. The zero-order valence-corrected chi connectivity index (χ0v) is 8.43. The van der Waals surface area contributed by atoms with Gasteiger partial charge in [0.1, 0.15) is 6.23 Å². The molecule has 2 aliphatic rings. The summed E-state index contributed by atoms with van der Waals surface area (Å²) in [4.78, 5) is 0. The number of ether oxygens (including phenoxy) is 1. The average molecular weight is 183 g/mol. The Balaban J connectivity index is 1.69. The van der Waals surface area contributed by atoms with Crippen molar-refractivity contribution in [1.29, 1.82) is 0 Å². The molecule has 2 rings (SSSR count). The van der Waals surface area contributed by atoms with Crippen LogP contribution in [0.3, 0.4) is 0 Å². The molecule has 13 heavy (non-hydrogen) atoms. The maximum absolute atomic E-state index is 5.67. The molecule has 0 amide bonds. The third kappa shape index (κ3) is 2.96. The summed E-state index contributed by atoms with van der Waals surface area (Å²) in [6, 6.07) is 0.747. The molecule has 1 N–H and O–H groups in total. The van der Waals surface area contributed by atoms with Gasteiger partial charge in [-0.1, -0.05) is 19.3 Å². The van der Waals surface area contributed by atoms with Gasteiger partial charge in [-0.3, -0.25) is 5.32 Å². The molecule has 1 unspecified atom stereocenters. The Labute approximate surface area is 81.0 Å². The Morgan fingerprint density at radius 2 is 1.62 bits per heavy atom. The van der Waals surface area contributed by atoms with Crippen LogP contribution in [-0.2, 0) is 4.74 Å². The van der Waals surface area contributed by atoms with Gasteiger partial charge in [-0.15, -0.1) is 0 Å². The van der Waals surface area contributed by atoms with Crippen molar-refractivity contribution in [3.05, 3.63) is 0 Å². The average Bonchev–Trinajstić information content (AvgIpc) is 2.21. The number of rotatable bonds is 2. The highest BCUT2D eigenvalue weighted by molar-refractivity contribution is 4.74. The lowest BCUT2D eigenvalue weighted by Crippen LogP contribution is -2.42. The van der Waals surface area contributed by atoms with Crippen molar-refractivity contribution < 1.29 is 4.74 Å². The highest BCUT2D eigenvalue weighted by Crippen LogP contribution is 2.19. The van der Waals surface area contributed by atoms with E-state index in [0.717, 1.165) is 12.6 Å². The van der Waals surface area contributed by atoms with Crippen LogP contribution >= 0.6 is 0 Å². The van der Waals surface area contributed by atoms with Crippen LogP contribution in [-0.4, -0.2) is 18.9 Å². The lowest BCUT2D eigenvalue weighted by Gasteiger charge is -2.30. The minimum atomic E-state index is 0.372. The molecule has 2 nitrogen and oxygen atoms in total. The lowest BCUT2D eigenvalue weighted by molar-refractivity contribution is -0.0150. The zero-order chi connectivity index (χ0) is 8.93. The summed E-state index contributed by atoms with van der Waals surface area (Å²) in [5, 5.41) is 3.64. The van der Waals surface area contributed by atoms with Gasteiger partial charge in [0, 0.05) is 12.6 Å². The Hall–Kier alpha value is -0.0800. The summed E-state index contributed by atoms with van der Waals surface area (Å²) in [6.45, 7) is 0.963. The fraction of sp³-hybridized carbons (Fsp3) is 1.00. The smallest absolute Gasteiger partial charge is 0.108 e. The fourth-order valence-corrected chi connectivity index (χ4v) is 2.40. The molecule has 2 fully saturated rings. The molecule has 1 saturated carbocycles. The SMILES string of the molecule is C1CCC(NC2CCCCO2)CC1. The van der Waals surface area contributed by atoms with E-state index in [4.69, 9.17) is 4.74 Å². The van der Waals surface area contributed by atoms with E-state index >= 15 is 0 Å². The molecule has 0 radical (unpaired) electrons. The van der Waals surface area contributed by atoms with Crippen molar-refractivity contribution >= 4 is 0 Å². The molecule has 0 spiro atoms. The fourth-order valence-electron chi connectivity index (χ4n) is 2.40. The number of nitrogens with one attached hydrogen (secondary N) is 1. The molecule has 1 heterocycles. The summed E-state index contributed by atoms with van der Waals surface area (Å²) in [5.41, 5.74) is 0. The van der Waals surface area contributed by atoms with Gasteiger partial charge < -0.3 is 4.74 Å². The highest BCUT2D eigenvalue weighted by Gasteiger charge is 2.19. The Morgan fingerprint density at radius 1 is 0.846 bits per heavy atom. The van der Waals surface area contributed by atoms with Crippen molar-refractivity contribution in [2.24, 2.45) is 0 Å². The summed E-state index contributed by atoms with van der Waals surface area (Å²) in [5.74, 6) is 0. The van der Waals surface area contributed by atoms with E-state index in [-0.39, 0.29) is 0 Å². The molecular weight excluding hydrogens is 162 g/mol. The van der Waals surface area contributed by atoms with Gasteiger partial charge in [0.25, 0.3) is 0 Å². The Bertz CT molecular complexity index is 121. The first-order valence-corrected chi connectivity index (χ1v) is 5.83. The van der Waals surface area contributed by atoms with E-state index in [0.29, 0.717) is 6.23 Å². The molecule has 0 aromatic heterocycles. The van der Waals surface area contributed by atoms with E-state index in [1.54, 1.807) is 0 Å². The Kier molecular flexibility index (Phi) is 3.62. The van der Waals surface area contributed by atoms with Crippen LogP contribution in [0.5, 0.6) is 0 Å². The van der Waals surface area contributed by atoms with Crippen LogP contribution in [0.2, 0.25) is 0 Å². The second-order valence-electron chi connectivity index (χ2n) is 4.36. The van der Waals surface area contributed by atoms with E-state index in [9.17, 15) is 0 Å². The predicted molar refractivity (Wildman–Crippen MR) is 53.6 cm³/mol. The van der Waals surface area contributed by atoms with Gasteiger partial charge >= 0.3 is 0 Å². The topological polar surface area (TPSA) is 21.3 Å². The lowest BCUT2D eigenvalue weighted by atomic mass is 9.95. The van der Waals surface area contributed by atoms with Crippen molar-refractivity contribution in [3.8, 4) is 0 Å². The molecule has 76 valence electrons. The quantitative estimate of drug-likeness (QED) is 0.710. The summed E-state index contributed by atoms with van der Waals surface area (Å²) in [6.07, 6.45) is 11.2. The second kappa shape index (κ2) is 4.97. The van der Waals surface area contributed by atoms with Crippen molar-refractivity contribution in [3.63, 3.8) is 0 Å². The minimum absolute atomic E-state index is 0.372. The van der Waals surface area contributed by atoms with Crippen molar-refractivity contribution in [1.82, 2.24) is 5.32 Å². The first-order chi connectivity index (χ1) is 6.45. The highest BCUT2D eigenvalue weighted by atomic mass is 16.5. The number of hydrogen-bond donors (Lipinski definition) is 1. The molecule has 1 aliphatic carbocycles. The van der Waals surface area contributed by atoms with Gasteiger partial charge in [0.15, 0.2) is 0 Å². The maximum atomic E-state index is 5.67. The van der Waals surface area contributed by atoms with E-state index < -0.39 is 0 Å². The summed E-state index contributed by atoms with van der Waals surface area (Å²) >= 11 is 0. The first-order valence-electron chi connectivity index (χ1n) is 5.83. The van der Waals surface area contributed by atoms with Crippen LogP contribution in [0.25, 0.3) is 0 Å². The maximum Gasteiger partial charge on any atom is 0.108 e. The summed E-state index contributed by atoms with van der Waals surface area (Å²) < 4.78 is 5.67. The van der Waals surface area contributed by atoms with Crippen LogP contribution in [0.4, 0.5) is 0 Å². The van der Waals surface area contributed by atoms with Crippen molar-refractivity contribution in [2.75, 3.05) is 6.61 Å². The molecule has 2 heteroatoms. The predicted octanol–water partition coefficient (Wildman–Crippen LogP) is 2.44. The normalized spacial score (nSPS) is 31.8. The van der Waals surface area contributed by atoms with Crippen LogP contribution < -0.4 is 5.32 Å².